The molecule has 2 amide bonds. The zero-order valence-corrected chi connectivity index (χ0v) is 13.4. The standard InChI is InChI=1S/C16H20N4OS/c1-12(20-8-4-15-13(11-20)5-9-22-15)10-18-16(21)19-14-2-6-17-7-3-14/h2-3,5-7,9,12H,4,8,10-11H2,1H3,(H2,17,18,19,21)/t12-/m0/s1. The molecule has 5 nitrogen and oxygen atoms in total. The number of rotatable bonds is 4. The minimum atomic E-state index is -0.175. The fourth-order valence-electron chi connectivity index (χ4n) is 2.63. The van der Waals surface area contributed by atoms with Crippen LogP contribution < -0.4 is 10.6 Å². The largest absolute Gasteiger partial charge is 0.336 e. The number of thiophene rings is 1. The number of urea groups is 1. The summed E-state index contributed by atoms with van der Waals surface area (Å²) in [6, 6.07) is 5.89. The molecular formula is C16H20N4OS. The maximum absolute atomic E-state index is 11.9. The molecule has 2 aromatic heterocycles. The van der Waals surface area contributed by atoms with Crippen molar-refractivity contribution in [1.82, 2.24) is 15.2 Å². The average molecular weight is 316 g/mol. The Morgan fingerprint density at radius 1 is 1.41 bits per heavy atom. The topological polar surface area (TPSA) is 57.3 Å². The number of hydrogen-bond acceptors (Lipinski definition) is 4. The Balaban J connectivity index is 1.46. The van der Waals surface area contributed by atoms with E-state index in [1.54, 1.807) is 24.5 Å². The van der Waals surface area contributed by atoms with Gasteiger partial charge in [-0.2, -0.15) is 0 Å². The van der Waals surface area contributed by atoms with Gasteiger partial charge in [-0.15, -0.1) is 11.3 Å². The second kappa shape index (κ2) is 6.89. The minimum absolute atomic E-state index is 0.175. The van der Waals surface area contributed by atoms with Crippen molar-refractivity contribution in [2.24, 2.45) is 0 Å². The van der Waals surface area contributed by atoms with E-state index in [2.05, 4.69) is 38.9 Å². The zero-order chi connectivity index (χ0) is 15.4. The predicted molar refractivity (Wildman–Crippen MR) is 89.2 cm³/mol. The molecule has 1 aliphatic rings. The Kier molecular flexibility index (Phi) is 4.70. The van der Waals surface area contributed by atoms with Crippen molar-refractivity contribution in [3.63, 3.8) is 0 Å². The summed E-state index contributed by atoms with van der Waals surface area (Å²) in [7, 11) is 0. The van der Waals surface area contributed by atoms with E-state index < -0.39 is 0 Å². The fourth-order valence-corrected chi connectivity index (χ4v) is 3.52. The van der Waals surface area contributed by atoms with E-state index in [1.807, 2.05) is 11.3 Å². The highest BCUT2D eigenvalue weighted by atomic mass is 32.1. The first-order valence-electron chi connectivity index (χ1n) is 7.46. The molecule has 1 aliphatic heterocycles. The monoisotopic (exact) mass is 316 g/mol. The summed E-state index contributed by atoms with van der Waals surface area (Å²) in [6.07, 6.45) is 4.43. The normalized spacial score (nSPS) is 15.9. The van der Waals surface area contributed by atoms with E-state index in [0.29, 0.717) is 12.6 Å². The third kappa shape index (κ3) is 3.64. The third-order valence-electron chi connectivity index (χ3n) is 3.96. The number of nitrogens with one attached hydrogen (secondary N) is 2. The van der Waals surface area contributed by atoms with Gasteiger partial charge in [0.2, 0.25) is 0 Å². The van der Waals surface area contributed by atoms with Crippen molar-refractivity contribution < 1.29 is 4.79 Å². The average Bonchev–Trinajstić information content (AvgIpc) is 3.01. The molecule has 0 aromatic carbocycles. The van der Waals surface area contributed by atoms with Gasteiger partial charge in [0, 0.05) is 48.6 Å². The Hall–Kier alpha value is -1.92. The van der Waals surface area contributed by atoms with Crippen LogP contribution in [0.1, 0.15) is 17.4 Å². The fraction of sp³-hybridized carbons (Fsp3) is 0.375. The molecule has 0 radical (unpaired) electrons. The summed E-state index contributed by atoms with van der Waals surface area (Å²) in [5.41, 5.74) is 2.19. The van der Waals surface area contributed by atoms with Gasteiger partial charge in [-0.25, -0.2) is 4.79 Å². The first-order valence-corrected chi connectivity index (χ1v) is 8.34. The van der Waals surface area contributed by atoms with Crippen LogP contribution in [0.3, 0.4) is 0 Å². The maximum atomic E-state index is 11.9. The molecule has 1 atom stereocenters. The smallest absolute Gasteiger partial charge is 0.319 e. The second-order valence-electron chi connectivity index (χ2n) is 5.51. The molecule has 0 unspecified atom stereocenters. The number of amides is 2. The van der Waals surface area contributed by atoms with Gasteiger partial charge >= 0.3 is 6.03 Å². The lowest BCUT2D eigenvalue weighted by atomic mass is 10.1. The lowest BCUT2D eigenvalue weighted by Crippen LogP contribution is -2.45. The SMILES string of the molecule is C[C@@H](CNC(=O)Nc1ccncc1)N1CCc2sccc2C1. The molecule has 116 valence electrons. The lowest BCUT2D eigenvalue weighted by Gasteiger charge is -2.32. The van der Waals surface area contributed by atoms with Crippen molar-refractivity contribution in [2.75, 3.05) is 18.4 Å². The number of carbonyl (C=O) groups is 1. The maximum Gasteiger partial charge on any atom is 0.319 e. The van der Waals surface area contributed by atoms with Crippen molar-refractivity contribution in [3.8, 4) is 0 Å². The van der Waals surface area contributed by atoms with Gasteiger partial charge in [0.05, 0.1) is 0 Å². The first-order chi connectivity index (χ1) is 10.7. The molecule has 6 heteroatoms. The molecule has 0 spiro atoms. The first kappa shape index (κ1) is 15.0. The van der Waals surface area contributed by atoms with Crippen molar-refractivity contribution in [3.05, 3.63) is 46.4 Å². The van der Waals surface area contributed by atoms with Gasteiger partial charge < -0.3 is 10.6 Å². The van der Waals surface area contributed by atoms with Crippen LogP contribution in [0.25, 0.3) is 0 Å². The molecule has 0 bridgehead atoms. The van der Waals surface area contributed by atoms with E-state index >= 15 is 0 Å². The number of anilines is 1. The summed E-state index contributed by atoms with van der Waals surface area (Å²) in [6.45, 7) is 4.83. The quantitative estimate of drug-likeness (QED) is 0.912. The Labute approximate surface area is 134 Å². The Morgan fingerprint density at radius 2 is 2.23 bits per heavy atom. The van der Waals surface area contributed by atoms with Crippen LogP contribution in [0.15, 0.2) is 36.0 Å². The molecule has 22 heavy (non-hydrogen) atoms. The second-order valence-corrected chi connectivity index (χ2v) is 6.51. The van der Waals surface area contributed by atoms with Crippen LogP contribution in [0.4, 0.5) is 10.5 Å². The van der Waals surface area contributed by atoms with E-state index in [1.165, 1.54) is 10.4 Å². The summed E-state index contributed by atoms with van der Waals surface area (Å²) in [4.78, 5) is 19.7. The summed E-state index contributed by atoms with van der Waals surface area (Å²) in [5.74, 6) is 0. The lowest BCUT2D eigenvalue weighted by molar-refractivity contribution is 0.188. The molecule has 3 rings (SSSR count). The summed E-state index contributed by atoms with van der Waals surface area (Å²) < 4.78 is 0. The van der Waals surface area contributed by atoms with Gasteiger partial charge in [-0.1, -0.05) is 0 Å². The van der Waals surface area contributed by atoms with Crippen molar-refractivity contribution in [1.29, 1.82) is 0 Å². The van der Waals surface area contributed by atoms with E-state index in [9.17, 15) is 4.79 Å². The molecular weight excluding hydrogens is 296 g/mol. The van der Waals surface area contributed by atoms with Crippen LogP contribution in [0.2, 0.25) is 0 Å². The van der Waals surface area contributed by atoms with Crippen LogP contribution in [0.5, 0.6) is 0 Å². The van der Waals surface area contributed by atoms with Crippen LogP contribution in [-0.2, 0) is 13.0 Å². The molecule has 0 aliphatic carbocycles. The highest BCUT2D eigenvalue weighted by molar-refractivity contribution is 7.10. The number of nitrogens with zero attached hydrogens (tertiary/aromatic N) is 2. The Bertz CT molecular complexity index is 628. The van der Waals surface area contributed by atoms with Crippen molar-refractivity contribution in [2.45, 2.75) is 25.9 Å². The molecule has 0 saturated carbocycles. The van der Waals surface area contributed by atoms with Crippen molar-refractivity contribution >= 4 is 23.1 Å². The predicted octanol–water partition coefficient (Wildman–Crippen LogP) is 2.71. The number of fused-ring (bicyclic) bond motifs is 1. The van der Waals surface area contributed by atoms with Crippen LogP contribution >= 0.6 is 11.3 Å². The third-order valence-corrected chi connectivity index (χ3v) is 4.98. The highest BCUT2D eigenvalue weighted by Crippen LogP contribution is 2.24. The van der Waals surface area contributed by atoms with E-state index in [0.717, 1.165) is 25.2 Å². The molecule has 3 heterocycles. The number of aromatic nitrogens is 1. The van der Waals surface area contributed by atoms with E-state index in [-0.39, 0.29) is 6.03 Å². The number of hydrogen-bond donors (Lipinski definition) is 2. The number of carbonyl (C=O) groups excluding carboxylic acids is 1. The summed E-state index contributed by atoms with van der Waals surface area (Å²) >= 11 is 1.85. The highest BCUT2D eigenvalue weighted by Gasteiger charge is 2.21. The van der Waals surface area contributed by atoms with Gasteiger partial charge in [0.1, 0.15) is 0 Å². The van der Waals surface area contributed by atoms with Gasteiger partial charge in [-0.05, 0) is 42.5 Å². The zero-order valence-electron chi connectivity index (χ0n) is 12.6. The number of pyridine rings is 1. The van der Waals surface area contributed by atoms with Gasteiger partial charge in [0.25, 0.3) is 0 Å². The molecule has 0 fully saturated rings. The molecule has 2 aromatic rings. The van der Waals surface area contributed by atoms with Gasteiger partial charge in [-0.3, -0.25) is 9.88 Å². The van der Waals surface area contributed by atoms with E-state index in [4.69, 9.17) is 0 Å². The molecule has 2 N–H and O–H groups in total. The van der Waals surface area contributed by atoms with Gasteiger partial charge in [0.15, 0.2) is 0 Å². The Morgan fingerprint density at radius 3 is 3.05 bits per heavy atom. The summed E-state index contributed by atoms with van der Waals surface area (Å²) in [5, 5.41) is 7.91. The molecule has 0 saturated heterocycles. The minimum Gasteiger partial charge on any atom is -0.336 e. The van der Waals surface area contributed by atoms with Crippen LogP contribution in [0, 0.1) is 0 Å². The van der Waals surface area contributed by atoms with Crippen LogP contribution in [-0.4, -0.2) is 35.0 Å².